The Bertz CT molecular complexity index is 2000. The van der Waals surface area contributed by atoms with Crippen molar-refractivity contribution in [2.75, 3.05) is 31.1 Å². The number of carbonyl (C=O) groups excluding carboxylic acids is 3. The van der Waals surface area contributed by atoms with E-state index in [0.717, 1.165) is 16.9 Å². The zero-order chi connectivity index (χ0) is 33.8. The summed E-state index contributed by atoms with van der Waals surface area (Å²) in [5.74, 6) is -5.97. The number of hydrogen-bond donors (Lipinski definition) is 0. The topological polar surface area (TPSA) is 84.6 Å². The quantitative estimate of drug-likeness (QED) is 0.118. The maximum atomic E-state index is 14.5. The molecule has 0 radical (unpaired) electrons. The van der Waals surface area contributed by atoms with Gasteiger partial charge in [0, 0.05) is 80.3 Å². The Hall–Kier alpha value is -5.71. The van der Waals surface area contributed by atoms with E-state index in [1.54, 1.807) is 30.3 Å². The van der Waals surface area contributed by atoms with Gasteiger partial charge in [-0.05, 0) is 53.6 Å². The molecule has 0 saturated carbocycles. The molecule has 244 valence electrons. The normalized spacial score (nSPS) is 13.1. The third-order valence-electron chi connectivity index (χ3n) is 8.37. The molecule has 0 N–H and O–H groups in total. The average Bonchev–Trinajstić information content (AvgIpc) is 3.63. The van der Waals surface area contributed by atoms with Crippen molar-refractivity contribution >= 4 is 23.2 Å². The summed E-state index contributed by atoms with van der Waals surface area (Å²) in [6.45, 7) is 1.55. The number of ketones is 2. The largest absolute Gasteiger partial charge is 0.368 e. The first-order valence-corrected chi connectivity index (χ1v) is 15.4. The van der Waals surface area contributed by atoms with E-state index in [2.05, 4.69) is 4.90 Å². The number of piperazine rings is 1. The molecule has 3 aromatic carbocycles. The van der Waals surface area contributed by atoms with Gasteiger partial charge in [-0.25, -0.2) is 13.2 Å². The lowest BCUT2D eigenvalue weighted by atomic mass is 10.00. The highest BCUT2D eigenvalue weighted by Crippen LogP contribution is 2.21. The van der Waals surface area contributed by atoms with Gasteiger partial charge < -0.3 is 18.9 Å². The average molecular weight is 653 g/mol. The van der Waals surface area contributed by atoms with E-state index >= 15 is 0 Å². The molecule has 6 rings (SSSR count). The lowest BCUT2D eigenvalue weighted by molar-refractivity contribution is -0.144. The van der Waals surface area contributed by atoms with Gasteiger partial charge in [0.2, 0.25) is 5.78 Å². The van der Waals surface area contributed by atoms with Crippen molar-refractivity contribution in [1.82, 2.24) is 14.0 Å². The Balaban J connectivity index is 1.15. The van der Waals surface area contributed by atoms with Crippen LogP contribution in [0.15, 0.2) is 108 Å². The minimum Gasteiger partial charge on any atom is -0.368 e. The summed E-state index contributed by atoms with van der Waals surface area (Å²) in [6.07, 6.45) is 4.04. The van der Waals surface area contributed by atoms with Crippen molar-refractivity contribution in [3.05, 3.63) is 154 Å². The van der Waals surface area contributed by atoms with Crippen molar-refractivity contribution in [1.29, 1.82) is 0 Å². The standard InChI is InChI=1S/C37H31F3N4O4/c38-27-20-32(39)30(33(40)21-27)18-26-19-31(36(47)44(24-26)23-25-6-2-1-3-7-25)34(45)22-35(46)37(48)43-16-14-42(15-17-43)29-10-8-28(9-11-29)41-12-4-5-13-41/h1-13,19-21,24H,14-18,22-23H2. The third-order valence-corrected chi connectivity index (χ3v) is 8.37. The highest BCUT2D eigenvalue weighted by Gasteiger charge is 2.29. The Morgan fingerprint density at radius 2 is 1.33 bits per heavy atom. The van der Waals surface area contributed by atoms with Crippen LogP contribution in [-0.2, 0) is 22.6 Å². The molecular weight excluding hydrogens is 621 g/mol. The van der Waals surface area contributed by atoms with Gasteiger partial charge >= 0.3 is 0 Å². The van der Waals surface area contributed by atoms with E-state index in [-0.39, 0.29) is 37.2 Å². The number of rotatable bonds is 10. The molecule has 1 amide bonds. The second kappa shape index (κ2) is 14.0. The van der Waals surface area contributed by atoms with Gasteiger partial charge in [-0.2, -0.15) is 0 Å². The van der Waals surface area contributed by atoms with Crippen molar-refractivity contribution in [2.45, 2.75) is 19.4 Å². The summed E-state index contributed by atoms with van der Waals surface area (Å²) in [5.41, 5.74) is 1.35. The summed E-state index contributed by atoms with van der Waals surface area (Å²) in [5, 5.41) is 0. The van der Waals surface area contributed by atoms with E-state index < -0.39 is 52.5 Å². The van der Waals surface area contributed by atoms with Gasteiger partial charge in [-0.15, -0.1) is 0 Å². The van der Waals surface area contributed by atoms with E-state index in [1.165, 1.54) is 21.7 Å². The fourth-order valence-corrected chi connectivity index (χ4v) is 5.84. The molecule has 1 saturated heterocycles. The van der Waals surface area contributed by atoms with Gasteiger partial charge in [-0.1, -0.05) is 30.3 Å². The Labute approximate surface area is 274 Å². The summed E-state index contributed by atoms with van der Waals surface area (Å²) >= 11 is 0. The number of anilines is 1. The minimum absolute atomic E-state index is 0.0361. The van der Waals surface area contributed by atoms with Crippen LogP contribution in [0.4, 0.5) is 18.9 Å². The summed E-state index contributed by atoms with van der Waals surface area (Å²) < 4.78 is 45.7. The third kappa shape index (κ3) is 7.15. The maximum Gasteiger partial charge on any atom is 0.290 e. The minimum atomic E-state index is -1.11. The molecule has 11 heteroatoms. The number of Topliss-reactive ketones (excluding diaryl/α,β-unsaturated/α-hetero) is 2. The molecule has 0 aliphatic carbocycles. The molecule has 0 bridgehead atoms. The number of hydrogen-bond acceptors (Lipinski definition) is 5. The number of pyridine rings is 1. The van der Waals surface area contributed by atoms with Crippen LogP contribution in [0.2, 0.25) is 0 Å². The number of aromatic nitrogens is 2. The molecule has 0 unspecified atom stereocenters. The number of nitrogens with zero attached hydrogens (tertiary/aromatic N) is 4. The zero-order valence-electron chi connectivity index (χ0n) is 25.8. The predicted octanol–water partition coefficient (Wildman–Crippen LogP) is 5.19. The fraction of sp³-hybridized carbons (Fsp3) is 0.189. The molecule has 1 fully saturated rings. The van der Waals surface area contributed by atoms with Crippen molar-refractivity contribution in [2.24, 2.45) is 0 Å². The molecule has 0 spiro atoms. The maximum absolute atomic E-state index is 14.5. The molecular formula is C37H31F3N4O4. The van der Waals surface area contributed by atoms with Gasteiger partial charge in [0.15, 0.2) is 5.78 Å². The molecule has 48 heavy (non-hydrogen) atoms. The second-order valence-electron chi connectivity index (χ2n) is 11.6. The number of benzene rings is 3. The van der Waals surface area contributed by atoms with Crippen LogP contribution in [0, 0.1) is 17.5 Å². The first-order valence-electron chi connectivity index (χ1n) is 15.4. The van der Waals surface area contributed by atoms with Crippen LogP contribution in [0.3, 0.4) is 0 Å². The first-order chi connectivity index (χ1) is 23.2. The summed E-state index contributed by atoms with van der Waals surface area (Å²) in [6, 6.07) is 23.0. The molecule has 5 aromatic rings. The lowest BCUT2D eigenvalue weighted by Gasteiger charge is -2.35. The number of carbonyl (C=O) groups is 3. The Morgan fingerprint density at radius 1 is 0.708 bits per heavy atom. The van der Waals surface area contributed by atoms with Gasteiger partial charge in [0.05, 0.1) is 18.5 Å². The van der Waals surface area contributed by atoms with Crippen molar-refractivity contribution < 1.29 is 27.6 Å². The number of amides is 1. The summed E-state index contributed by atoms with van der Waals surface area (Å²) in [7, 11) is 0. The van der Waals surface area contributed by atoms with Gasteiger partial charge in [-0.3, -0.25) is 19.2 Å². The van der Waals surface area contributed by atoms with Crippen LogP contribution >= 0.6 is 0 Å². The van der Waals surface area contributed by atoms with Gasteiger partial charge in [0.1, 0.15) is 17.5 Å². The lowest BCUT2D eigenvalue weighted by Crippen LogP contribution is -2.51. The van der Waals surface area contributed by atoms with Crippen LogP contribution < -0.4 is 10.5 Å². The first kappa shape index (κ1) is 32.2. The van der Waals surface area contributed by atoms with E-state index in [0.29, 0.717) is 25.2 Å². The zero-order valence-corrected chi connectivity index (χ0v) is 25.8. The molecule has 1 aliphatic heterocycles. The SMILES string of the molecule is O=C(CC(=O)c1cc(Cc2c(F)cc(F)cc2F)cn(Cc2ccccc2)c1=O)C(=O)N1CCN(c2ccc(-n3cccc3)cc2)CC1. The summed E-state index contributed by atoms with van der Waals surface area (Å²) in [4.78, 5) is 56.5. The predicted molar refractivity (Wildman–Crippen MR) is 174 cm³/mol. The Kier molecular flexibility index (Phi) is 9.38. The van der Waals surface area contributed by atoms with Gasteiger partial charge in [0.25, 0.3) is 11.5 Å². The van der Waals surface area contributed by atoms with Crippen LogP contribution in [0.1, 0.15) is 33.5 Å². The number of halogens is 3. The van der Waals surface area contributed by atoms with Crippen LogP contribution in [0.25, 0.3) is 5.69 Å². The van der Waals surface area contributed by atoms with Crippen molar-refractivity contribution in [3.8, 4) is 5.69 Å². The highest BCUT2D eigenvalue weighted by molar-refractivity contribution is 6.40. The molecule has 8 nitrogen and oxygen atoms in total. The molecule has 2 aromatic heterocycles. The highest BCUT2D eigenvalue weighted by atomic mass is 19.1. The van der Waals surface area contributed by atoms with Crippen molar-refractivity contribution in [3.63, 3.8) is 0 Å². The monoisotopic (exact) mass is 652 g/mol. The molecule has 0 atom stereocenters. The van der Waals surface area contributed by atoms with Crippen LogP contribution in [-0.4, -0.2) is 57.7 Å². The van der Waals surface area contributed by atoms with E-state index in [4.69, 9.17) is 0 Å². The second-order valence-corrected chi connectivity index (χ2v) is 11.6. The Morgan fingerprint density at radius 3 is 1.98 bits per heavy atom. The van der Waals surface area contributed by atoms with E-state index in [1.807, 2.05) is 53.4 Å². The van der Waals surface area contributed by atoms with Crippen LogP contribution in [0.5, 0.6) is 0 Å². The smallest absolute Gasteiger partial charge is 0.290 e. The molecule has 3 heterocycles. The fourth-order valence-electron chi connectivity index (χ4n) is 5.84. The van der Waals surface area contributed by atoms with E-state index in [9.17, 15) is 32.3 Å². The molecule has 1 aliphatic rings.